The Bertz CT molecular complexity index is 628. The van der Waals surface area contributed by atoms with Gasteiger partial charge in [0.15, 0.2) is 0 Å². The Morgan fingerprint density at radius 1 is 0.920 bits per heavy atom. The van der Waals surface area contributed by atoms with Crippen LogP contribution in [-0.2, 0) is 0 Å². The van der Waals surface area contributed by atoms with E-state index >= 15 is 0 Å². The first-order valence-corrected chi connectivity index (χ1v) is 11.7. The van der Waals surface area contributed by atoms with Crippen molar-refractivity contribution in [3.63, 3.8) is 0 Å². The number of thioether (sulfide) groups is 2. The van der Waals surface area contributed by atoms with Gasteiger partial charge >= 0.3 is 0 Å². The van der Waals surface area contributed by atoms with E-state index in [9.17, 15) is 0 Å². The van der Waals surface area contributed by atoms with Crippen LogP contribution in [0.5, 0.6) is 5.75 Å². The van der Waals surface area contributed by atoms with E-state index in [1.165, 1.54) is 46.1 Å². The predicted octanol–water partition coefficient (Wildman–Crippen LogP) is 7.60. The van der Waals surface area contributed by atoms with E-state index in [-0.39, 0.29) is 0 Å². The van der Waals surface area contributed by atoms with Crippen molar-refractivity contribution in [2.45, 2.75) is 49.3 Å². The van der Waals surface area contributed by atoms with Gasteiger partial charge in [0.1, 0.15) is 5.75 Å². The summed E-state index contributed by atoms with van der Waals surface area (Å²) in [4.78, 5) is 2.70. The van der Waals surface area contributed by atoms with Crippen molar-refractivity contribution in [3.05, 3.63) is 52.5 Å². The van der Waals surface area contributed by atoms with Crippen molar-refractivity contribution in [3.8, 4) is 5.75 Å². The third kappa shape index (κ3) is 8.10. The highest BCUT2D eigenvalue weighted by atomic mass is 79.9. The molecule has 2 aromatic carbocycles. The van der Waals surface area contributed by atoms with Crippen LogP contribution in [0.4, 0.5) is 0 Å². The van der Waals surface area contributed by atoms with Gasteiger partial charge in [0.25, 0.3) is 0 Å². The summed E-state index contributed by atoms with van der Waals surface area (Å²) in [5.41, 5.74) is 1.34. The Labute approximate surface area is 169 Å². The highest BCUT2D eigenvalue weighted by Crippen LogP contribution is 2.27. The Morgan fingerprint density at radius 2 is 1.72 bits per heavy atom. The fourth-order valence-corrected chi connectivity index (χ4v) is 4.43. The van der Waals surface area contributed by atoms with Crippen molar-refractivity contribution in [2.24, 2.45) is 0 Å². The third-order valence-electron chi connectivity index (χ3n) is 3.76. The maximum atomic E-state index is 5.93. The predicted molar refractivity (Wildman–Crippen MR) is 116 cm³/mol. The minimum absolute atomic E-state index is 0.809. The van der Waals surface area contributed by atoms with E-state index < -0.39 is 0 Å². The smallest absolute Gasteiger partial charge is 0.120 e. The summed E-state index contributed by atoms with van der Waals surface area (Å²) in [6, 6.07) is 15.0. The molecule has 25 heavy (non-hydrogen) atoms. The standard InChI is InChI=1S/C21H27BrOS2/c1-3-14-25-21-16-19(10-7-17(21)2)23-13-5-4-6-15-24-20-11-8-18(22)9-12-20/h7-12,16H,3-6,13-15H2,1-2H3. The van der Waals surface area contributed by atoms with Crippen LogP contribution in [0.3, 0.4) is 0 Å². The van der Waals surface area contributed by atoms with Crippen LogP contribution in [0.15, 0.2) is 56.7 Å². The normalized spacial score (nSPS) is 10.8. The second-order valence-electron chi connectivity index (χ2n) is 5.99. The lowest BCUT2D eigenvalue weighted by molar-refractivity contribution is 0.305. The first kappa shape index (κ1) is 20.7. The molecule has 0 aromatic heterocycles. The van der Waals surface area contributed by atoms with Gasteiger partial charge in [-0.3, -0.25) is 0 Å². The summed E-state index contributed by atoms with van der Waals surface area (Å²) >= 11 is 7.33. The molecule has 0 bridgehead atoms. The molecule has 0 unspecified atom stereocenters. The summed E-state index contributed by atoms with van der Waals surface area (Å²) in [5, 5.41) is 0. The van der Waals surface area contributed by atoms with Gasteiger partial charge in [-0.05, 0) is 86.1 Å². The van der Waals surface area contributed by atoms with Crippen LogP contribution in [0.1, 0.15) is 38.2 Å². The van der Waals surface area contributed by atoms with E-state index in [0.717, 1.165) is 23.2 Å². The molecule has 136 valence electrons. The number of hydrogen-bond donors (Lipinski definition) is 0. The molecule has 0 fully saturated rings. The Morgan fingerprint density at radius 3 is 2.48 bits per heavy atom. The van der Waals surface area contributed by atoms with Crippen molar-refractivity contribution in [1.82, 2.24) is 0 Å². The monoisotopic (exact) mass is 438 g/mol. The summed E-state index contributed by atoms with van der Waals surface area (Å²) in [5.74, 6) is 3.35. The van der Waals surface area contributed by atoms with Gasteiger partial charge < -0.3 is 4.74 Å². The maximum absolute atomic E-state index is 5.93. The zero-order valence-corrected chi connectivity index (χ0v) is 18.3. The molecule has 0 atom stereocenters. The summed E-state index contributed by atoms with van der Waals surface area (Å²) < 4.78 is 7.07. The molecule has 0 aliphatic heterocycles. The van der Waals surface area contributed by atoms with Gasteiger partial charge in [0, 0.05) is 14.3 Å². The van der Waals surface area contributed by atoms with Crippen LogP contribution in [0.25, 0.3) is 0 Å². The van der Waals surface area contributed by atoms with Crippen molar-refractivity contribution in [1.29, 1.82) is 0 Å². The van der Waals surface area contributed by atoms with Gasteiger partial charge in [0.05, 0.1) is 6.61 Å². The lowest BCUT2D eigenvalue weighted by Crippen LogP contribution is -1.98. The fourth-order valence-electron chi connectivity index (χ4n) is 2.33. The molecule has 4 heteroatoms. The maximum Gasteiger partial charge on any atom is 0.120 e. The number of halogens is 1. The number of unbranched alkanes of at least 4 members (excludes halogenated alkanes) is 2. The second-order valence-corrected chi connectivity index (χ2v) is 9.21. The summed E-state index contributed by atoms with van der Waals surface area (Å²) in [6.45, 7) is 5.20. The minimum Gasteiger partial charge on any atom is -0.494 e. The molecule has 2 rings (SSSR count). The molecule has 0 heterocycles. The number of ether oxygens (including phenoxy) is 1. The molecular formula is C21H27BrOS2. The van der Waals surface area contributed by atoms with Crippen molar-refractivity contribution >= 4 is 39.5 Å². The average molecular weight is 439 g/mol. The van der Waals surface area contributed by atoms with Crippen molar-refractivity contribution in [2.75, 3.05) is 18.1 Å². The Kier molecular flexibility index (Phi) is 9.89. The molecule has 2 aromatic rings. The minimum atomic E-state index is 0.809. The molecule has 0 radical (unpaired) electrons. The van der Waals surface area contributed by atoms with E-state index in [1.807, 2.05) is 23.5 Å². The van der Waals surface area contributed by atoms with Crippen LogP contribution in [0.2, 0.25) is 0 Å². The average Bonchev–Trinajstić information content (AvgIpc) is 2.62. The van der Waals surface area contributed by atoms with E-state index in [4.69, 9.17) is 4.74 Å². The first-order chi connectivity index (χ1) is 12.2. The van der Waals surface area contributed by atoms with E-state index in [2.05, 4.69) is 72.2 Å². The second kappa shape index (κ2) is 11.9. The third-order valence-corrected chi connectivity index (χ3v) is 6.75. The van der Waals surface area contributed by atoms with Gasteiger partial charge in [-0.1, -0.05) is 28.9 Å². The fraction of sp³-hybridized carbons (Fsp3) is 0.429. The van der Waals surface area contributed by atoms with E-state index in [1.54, 1.807) is 0 Å². The van der Waals surface area contributed by atoms with Gasteiger partial charge in [-0.25, -0.2) is 0 Å². The zero-order chi connectivity index (χ0) is 17.9. The van der Waals surface area contributed by atoms with Crippen LogP contribution >= 0.6 is 39.5 Å². The zero-order valence-electron chi connectivity index (χ0n) is 15.1. The molecule has 0 spiro atoms. The molecule has 0 N–H and O–H groups in total. The highest BCUT2D eigenvalue weighted by Gasteiger charge is 2.02. The SMILES string of the molecule is CCCSc1cc(OCCCCCSc2ccc(Br)cc2)ccc1C. The van der Waals surface area contributed by atoms with Crippen LogP contribution in [0, 0.1) is 6.92 Å². The van der Waals surface area contributed by atoms with Crippen molar-refractivity contribution < 1.29 is 4.74 Å². The largest absolute Gasteiger partial charge is 0.494 e. The van der Waals surface area contributed by atoms with Gasteiger partial charge in [-0.15, -0.1) is 23.5 Å². The molecule has 0 aliphatic rings. The summed E-state index contributed by atoms with van der Waals surface area (Å²) in [7, 11) is 0. The van der Waals surface area contributed by atoms with Gasteiger partial charge in [0.2, 0.25) is 0 Å². The number of rotatable bonds is 11. The number of benzene rings is 2. The molecule has 0 amide bonds. The molecule has 1 nitrogen and oxygen atoms in total. The molecular weight excluding hydrogens is 412 g/mol. The molecule has 0 saturated heterocycles. The highest BCUT2D eigenvalue weighted by molar-refractivity contribution is 9.10. The first-order valence-electron chi connectivity index (χ1n) is 8.93. The van der Waals surface area contributed by atoms with Gasteiger partial charge in [-0.2, -0.15) is 0 Å². The number of hydrogen-bond acceptors (Lipinski definition) is 3. The summed E-state index contributed by atoms with van der Waals surface area (Å²) in [6.07, 6.45) is 4.77. The quantitative estimate of drug-likeness (QED) is 0.264. The van der Waals surface area contributed by atoms with E-state index in [0.29, 0.717) is 0 Å². The lowest BCUT2D eigenvalue weighted by Gasteiger charge is -2.10. The number of aryl methyl sites for hydroxylation is 1. The Balaban J connectivity index is 1.60. The topological polar surface area (TPSA) is 9.23 Å². The lowest BCUT2D eigenvalue weighted by atomic mass is 10.2. The van der Waals surface area contributed by atoms with Crippen LogP contribution in [-0.4, -0.2) is 18.1 Å². The molecule has 0 saturated carbocycles. The molecule has 0 aliphatic carbocycles. The van der Waals surface area contributed by atoms with Crippen LogP contribution < -0.4 is 4.74 Å². The Hall–Kier alpha value is -0.580.